The van der Waals surface area contributed by atoms with Gasteiger partial charge in [0, 0.05) is 25.7 Å². The highest BCUT2D eigenvalue weighted by atomic mass is 32.2. The number of hydrogen-bond acceptors (Lipinski definition) is 4. The summed E-state index contributed by atoms with van der Waals surface area (Å²) in [5.74, 6) is 0.125. The molecule has 2 N–H and O–H groups in total. The standard InChI is InChI=1S/C9H18N2O3S/c10-8-3-4-11(6-8)15(12,13)7-9-2-1-5-14-9/h8-9H,1-7,10H2/t8-,9?/m1/s1. The lowest BCUT2D eigenvalue weighted by Crippen LogP contribution is -2.36. The van der Waals surface area contributed by atoms with E-state index in [1.807, 2.05) is 0 Å². The van der Waals surface area contributed by atoms with E-state index >= 15 is 0 Å². The summed E-state index contributed by atoms with van der Waals surface area (Å²) in [6.07, 6.45) is 2.50. The molecule has 2 aliphatic rings. The Balaban J connectivity index is 1.94. The van der Waals surface area contributed by atoms with Gasteiger partial charge in [-0.3, -0.25) is 0 Å². The first kappa shape index (κ1) is 11.3. The third kappa shape index (κ3) is 2.69. The maximum absolute atomic E-state index is 11.9. The molecule has 1 unspecified atom stereocenters. The first-order valence-corrected chi connectivity index (χ1v) is 7.04. The highest BCUT2D eigenvalue weighted by Gasteiger charge is 2.32. The van der Waals surface area contributed by atoms with Crippen LogP contribution in [0.15, 0.2) is 0 Å². The highest BCUT2D eigenvalue weighted by Crippen LogP contribution is 2.18. The molecule has 2 fully saturated rings. The minimum Gasteiger partial charge on any atom is -0.377 e. The molecule has 2 rings (SSSR count). The predicted octanol–water partition coefficient (Wildman–Crippen LogP) is -0.472. The molecule has 2 atom stereocenters. The van der Waals surface area contributed by atoms with Crippen LogP contribution in [0.2, 0.25) is 0 Å². The minimum atomic E-state index is -3.15. The second-order valence-electron chi connectivity index (χ2n) is 4.32. The van der Waals surface area contributed by atoms with E-state index in [0.29, 0.717) is 19.7 Å². The van der Waals surface area contributed by atoms with Crippen LogP contribution in [-0.4, -0.2) is 50.3 Å². The van der Waals surface area contributed by atoms with Crippen LogP contribution in [0, 0.1) is 0 Å². The van der Waals surface area contributed by atoms with Gasteiger partial charge in [0.25, 0.3) is 0 Å². The fourth-order valence-corrected chi connectivity index (χ4v) is 3.87. The Hall–Kier alpha value is -0.170. The van der Waals surface area contributed by atoms with E-state index < -0.39 is 10.0 Å². The van der Waals surface area contributed by atoms with Crippen molar-refractivity contribution in [3.8, 4) is 0 Å². The molecule has 0 aromatic rings. The van der Waals surface area contributed by atoms with Crippen molar-refractivity contribution in [3.63, 3.8) is 0 Å². The average molecular weight is 234 g/mol. The Kier molecular flexibility index (Phi) is 3.30. The third-order valence-corrected chi connectivity index (χ3v) is 4.91. The number of nitrogens with zero attached hydrogens (tertiary/aromatic N) is 1. The number of hydrogen-bond donors (Lipinski definition) is 1. The van der Waals surface area contributed by atoms with Gasteiger partial charge < -0.3 is 10.5 Å². The molecule has 0 amide bonds. The molecular weight excluding hydrogens is 216 g/mol. The third-order valence-electron chi connectivity index (χ3n) is 3.00. The van der Waals surface area contributed by atoms with Gasteiger partial charge in [0.1, 0.15) is 0 Å². The summed E-state index contributed by atoms with van der Waals surface area (Å²) in [5.41, 5.74) is 5.69. The molecule has 0 aromatic carbocycles. The maximum atomic E-state index is 11.9. The zero-order valence-electron chi connectivity index (χ0n) is 8.76. The van der Waals surface area contributed by atoms with E-state index in [2.05, 4.69) is 0 Å². The largest absolute Gasteiger partial charge is 0.377 e. The lowest BCUT2D eigenvalue weighted by Gasteiger charge is -2.18. The Morgan fingerprint density at radius 2 is 2.20 bits per heavy atom. The number of nitrogens with two attached hydrogens (primary N) is 1. The second-order valence-corrected chi connectivity index (χ2v) is 6.33. The molecule has 2 heterocycles. The average Bonchev–Trinajstić information content (AvgIpc) is 2.75. The van der Waals surface area contributed by atoms with Gasteiger partial charge >= 0.3 is 0 Å². The van der Waals surface area contributed by atoms with Gasteiger partial charge in [0.2, 0.25) is 10.0 Å². The SMILES string of the molecule is N[C@@H]1CCN(S(=O)(=O)CC2CCCO2)C1. The summed E-state index contributed by atoms with van der Waals surface area (Å²) in [6.45, 7) is 1.73. The molecule has 2 aliphatic heterocycles. The molecule has 88 valence electrons. The number of ether oxygens (including phenoxy) is 1. The summed E-state index contributed by atoms with van der Waals surface area (Å²) in [4.78, 5) is 0. The lowest BCUT2D eigenvalue weighted by molar-refractivity contribution is 0.126. The van der Waals surface area contributed by atoms with E-state index in [4.69, 9.17) is 10.5 Å². The van der Waals surface area contributed by atoms with Gasteiger partial charge in [-0.05, 0) is 19.3 Å². The Morgan fingerprint density at radius 1 is 1.40 bits per heavy atom. The van der Waals surface area contributed by atoms with Gasteiger partial charge in [-0.15, -0.1) is 0 Å². The maximum Gasteiger partial charge on any atom is 0.216 e. The first-order chi connectivity index (χ1) is 7.08. The molecule has 0 radical (unpaired) electrons. The normalized spacial score (nSPS) is 33.7. The Bertz CT molecular complexity index is 311. The van der Waals surface area contributed by atoms with Crippen LogP contribution >= 0.6 is 0 Å². The van der Waals surface area contributed by atoms with Crippen molar-refractivity contribution in [2.75, 3.05) is 25.4 Å². The van der Waals surface area contributed by atoms with Gasteiger partial charge in [-0.25, -0.2) is 12.7 Å². The molecule has 2 saturated heterocycles. The van der Waals surface area contributed by atoms with Gasteiger partial charge in [-0.1, -0.05) is 0 Å². The molecule has 0 aromatic heterocycles. The summed E-state index contributed by atoms with van der Waals surface area (Å²) < 4.78 is 30.7. The van der Waals surface area contributed by atoms with Crippen molar-refractivity contribution in [3.05, 3.63) is 0 Å². The van der Waals surface area contributed by atoms with E-state index in [1.54, 1.807) is 0 Å². The minimum absolute atomic E-state index is 0.00396. The molecule has 0 bridgehead atoms. The van der Waals surface area contributed by atoms with Crippen LogP contribution < -0.4 is 5.73 Å². The van der Waals surface area contributed by atoms with E-state index in [1.165, 1.54) is 4.31 Å². The van der Waals surface area contributed by atoms with Crippen molar-refractivity contribution < 1.29 is 13.2 Å². The monoisotopic (exact) mass is 234 g/mol. The van der Waals surface area contributed by atoms with Gasteiger partial charge in [0.15, 0.2) is 0 Å². The smallest absolute Gasteiger partial charge is 0.216 e. The van der Waals surface area contributed by atoms with Crippen molar-refractivity contribution in [1.82, 2.24) is 4.31 Å². The van der Waals surface area contributed by atoms with Crippen LogP contribution in [0.5, 0.6) is 0 Å². The Labute approximate surface area is 90.6 Å². The van der Waals surface area contributed by atoms with Crippen LogP contribution in [0.25, 0.3) is 0 Å². The summed E-state index contributed by atoms with van der Waals surface area (Å²) in [6, 6.07) is 0.00396. The molecule has 0 saturated carbocycles. The molecule has 5 nitrogen and oxygen atoms in total. The van der Waals surface area contributed by atoms with Crippen molar-refractivity contribution >= 4 is 10.0 Å². The number of rotatable bonds is 3. The van der Waals surface area contributed by atoms with Gasteiger partial charge in [-0.2, -0.15) is 0 Å². The summed E-state index contributed by atoms with van der Waals surface area (Å²) >= 11 is 0. The van der Waals surface area contributed by atoms with E-state index in [9.17, 15) is 8.42 Å². The molecule has 6 heteroatoms. The summed E-state index contributed by atoms with van der Waals surface area (Å²) in [7, 11) is -3.15. The van der Waals surface area contributed by atoms with Crippen LogP contribution in [-0.2, 0) is 14.8 Å². The molecule has 0 aliphatic carbocycles. The molecule has 15 heavy (non-hydrogen) atoms. The highest BCUT2D eigenvalue weighted by molar-refractivity contribution is 7.89. The van der Waals surface area contributed by atoms with Crippen molar-refractivity contribution in [2.24, 2.45) is 5.73 Å². The Morgan fingerprint density at radius 3 is 2.73 bits per heavy atom. The quantitative estimate of drug-likeness (QED) is 0.716. The first-order valence-electron chi connectivity index (χ1n) is 5.43. The van der Waals surface area contributed by atoms with E-state index in [0.717, 1.165) is 19.3 Å². The lowest BCUT2D eigenvalue weighted by atomic mass is 10.3. The topological polar surface area (TPSA) is 72.6 Å². The van der Waals surface area contributed by atoms with Crippen LogP contribution in [0.1, 0.15) is 19.3 Å². The van der Waals surface area contributed by atoms with Crippen molar-refractivity contribution in [1.29, 1.82) is 0 Å². The summed E-state index contributed by atoms with van der Waals surface area (Å²) in [5, 5.41) is 0. The zero-order valence-corrected chi connectivity index (χ0v) is 9.58. The number of sulfonamides is 1. The molecule has 0 spiro atoms. The van der Waals surface area contributed by atoms with Crippen molar-refractivity contribution in [2.45, 2.75) is 31.4 Å². The van der Waals surface area contributed by atoms with Crippen LogP contribution in [0.3, 0.4) is 0 Å². The fraction of sp³-hybridized carbons (Fsp3) is 1.00. The zero-order chi connectivity index (χ0) is 10.9. The fourth-order valence-electron chi connectivity index (χ4n) is 2.12. The van der Waals surface area contributed by atoms with Gasteiger partial charge in [0.05, 0.1) is 11.9 Å². The van der Waals surface area contributed by atoms with Crippen LogP contribution in [0.4, 0.5) is 0 Å². The predicted molar refractivity (Wildman–Crippen MR) is 56.9 cm³/mol. The van der Waals surface area contributed by atoms with E-state index in [-0.39, 0.29) is 17.9 Å². The second kappa shape index (κ2) is 4.37. The molecular formula is C9H18N2O3S.